The molecule has 0 aromatic carbocycles. The molecule has 16 heavy (non-hydrogen) atoms. The molecule has 88 valence electrons. The zero-order valence-corrected chi connectivity index (χ0v) is 11.3. The molecule has 1 fully saturated rings. The van der Waals surface area contributed by atoms with Crippen molar-refractivity contribution in [2.24, 2.45) is 5.41 Å². The highest BCUT2D eigenvalue weighted by molar-refractivity contribution is 7.09. The molecule has 1 aliphatic rings. The van der Waals surface area contributed by atoms with Crippen LogP contribution in [0.1, 0.15) is 18.2 Å². The molecule has 0 radical (unpaired) electrons. The first-order valence-corrected chi connectivity index (χ1v) is 6.78. The molecule has 0 bridgehead atoms. The second-order valence-corrected chi connectivity index (χ2v) is 6.81. The van der Waals surface area contributed by atoms with Gasteiger partial charge in [-0.3, -0.25) is 4.79 Å². The second-order valence-electron chi connectivity index (χ2n) is 4.30. The Morgan fingerprint density at radius 1 is 1.62 bits per heavy atom. The molecule has 2 nitrogen and oxygen atoms in total. The number of thiophene rings is 1. The molecule has 2 rings (SSSR count). The van der Waals surface area contributed by atoms with Crippen molar-refractivity contribution in [1.29, 1.82) is 0 Å². The highest BCUT2D eigenvalue weighted by atomic mass is 35.5. The number of carbonyl (C=O) groups is 1. The van der Waals surface area contributed by atoms with Crippen LogP contribution in [0.2, 0.25) is 0 Å². The Balaban J connectivity index is 1.77. The van der Waals surface area contributed by atoms with Crippen molar-refractivity contribution >= 4 is 40.4 Å². The van der Waals surface area contributed by atoms with Crippen molar-refractivity contribution in [1.82, 2.24) is 5.32 Å². The minimum atomic E-state index is -0.875. The van der Waals surface area contributed by atoms with Crippen molar-refractivity contribution in [2.75, 3.05) is 6.54 Å². The van der Waals surface area contributed by atoms with E-state index in [2.05, 4.69) is 11.4 Å². The fraction of sp³-hybridized carbons (Fsp3) is 0.545. The minimum absolute atomic E-state index is 0.0472. The summed E-state index contributed by atoms with van der Waals surface area (Å²) >= 11 is 13.6. The molecule has 1 aliphatic carbocycles. The molecule has 1 atom stereocenters. The maximum absolute atomic E-state index is 11.8. The number of carbonyl (C=O) groups excluding carboxylic acids is 1. The van der Waals surface area contributed by atoms with Crippen LogP contribution in [0.25, 0.3) is 0 Å². The maximum Gasteiger partial charge on any atom is 0.229 e. The van der Waals surface area contributed by atoms with Crippen LogP contribution < -0.4 is 5.32 Å². The summed E-state index contributed by atoms with van der Waals surface area (Å²) in [6.45, 7) is 2.44. The Labute approximate surface area is 109 Å². The Kier molecular flexibility index (Phi) is 3.21. The maximum atomic E-state index is 11.8. The van der Waals surface area contributed by atoms with Crippen LogP contribution in [-0.4, -0.2) is 16.8 Å². The minimum Gasteiger partial charge on any atom is -0.355 e. The summed E-state index contributed by atoms with van der Waals surface area (Å²) in [4.78, 5) is 13.1. The normalized spacial score (nSPS) is 26.4. The SMILES string of the molecule is C[C@]1(C(=O)NCCc2cccs2)CC1(Cl)Cl. The first-order chi connectivity index (χ1) is 7.46. The predicted molar refractivity (Wildman–Crippen MR) is 68.2 cm³/mol. The van der Waals surface area contributed by atoms with Crippen LogP contribution in [0.5, 0.6) is 0 Å². The highest BCUT2D eigenvalue weighted by Crippen LogP contribution is 2.63. The van der Waals surface area contributed by atoms with E-state index in [1.165, 1.54) is 4.88 Å². The van der Waals surface area contributed by atoms with Gasteiger partial charge in [0.15, 0.2) is 0 Å². The van der Waals surface area contributed by atoms with Crippen LogP contribution in [-0.2, 0) is 11.2 Å². The number of hydrogen-bond acceptors (Lipinski definition) is 2. The fourth-order valence-corrected chi connectivity index (χ4v) is 3.01. The molecule has 0 unspecified atom stereocenters. The second kappa shape index (κ2) is 4.21. The lowest BCUT2D eigenvalue weighted by Gasteiger charge is -2.12. The van der Waals surface area contributed by atoms with Gasteiger partial charge < -0.3 is 5.32 Å². The zero-order chi connectivity index (χ0) is 11.8. The Morgan fingerprint density at radius 2 is 2.31 bits per heavy atom. The average molecular weight is 278 g/mol. The Hall–Kier alpha value is -0.250. The first kappa shape index (κ1) is 12.2. The number of halogens is 2. The standard InChI is InChI=1S/C11H13Cl2NOS/c1-10(7-11(10,12)13)9(15)14-5-4-8-3-2-6-16-8/h2-3,6H,4-5,7H2,1H3,(H,14,15)/t10-/m1/s1. The van der Waals surface area contributed by atoms with Gasteiger partial charge in [-0.2, -0.15) is 0 Å². The predicted octanol–water partition coefficient (Wildman–Crippen LogP) is 2.99. The topological polar surface area (TPSA) is 29.1 Å². The first-order valence-electron chi connectivity index (χ1n) is 5.14. The number of hydrogen-bond donors (Lipinski definition) is 1. The van der Waals surface area contributed by atoms with Gasteiger partial charge in [0.2, 0.25) is 5.91 Å². The monoisotopic (exact) mass is 277 g/mol. The van der Waals surface area contributed by atoms with Gasteiger partial charge in [-0.1, -0.05) is 6.07 Å². The molecule has 1 aromatic rings. The van der Waals surface area contributed by atoms with Gasteiger partial charge in [-0.25, -0.2) is 0 Å². The Morgan fingerprint density at radius 3 is 2.81 bits per heavy atom. The van der Waals surface area contributed by atoms with E-state index >= 15 is 0 Å². The summed E-state index contributed by atoms with van der Waals surface area (Å²) in [5.41, 5.74) is -0.606. The summed E-state index contributed by atoms with van der Waals surface area (Å²) in [7, 11) is 0. The Bertz CT molecular complexity index is 391. The van der Waals surface area contributed by atoms with Gasteiger partial charge >= 0.3 is 0 Å². The summed E-state index contributed by atoms with van der Waals surface area (Å²) in [6, 6.07) is 4.07. The summed E-state index contributed by atoms with van der Waals surface area (Å²) in [6.07, 6.45) is 1.39. The molecule has 1 amide bonds. The lowest BCUT2D eigenvalue weighted by Crippen LogP contribution is -2.34. The number of nitrogens with one attached hydrogen (secondary N) is 1. The van der Waals surface area contributed by atoms with E-state index in [0.29, 0.717) is 13.0 Å². The highest BCUT2D eigenvalue weighted by Gasteiger charge is 2.67. The molecule has 1 aromatic heterocycles. The zero-order valence-electron chi connectivity index (χ0n) is 8.93. The van der Waals surface area contributed by atoms with Crippen molar-refractivity contribution in [3.8, 4) is 0 Å². The third kappa shape index (κ3) is 2.22. The van der Waals surface area contributed by atoms with Crippen molar-refractivity contribution < 1.29 is 4.79 Å². The molecule has 5 heteroatoms. The molecule has 1 N–H and O–H groups in total. The van der Waals surface area contributed by atoms with Gasteiger partial charge in [0.25, 0.3) is 0 Å². The number of rotatable bonds is 4. The van der Waals surface area contributed by atoms with Gasteiger partial charge in [0, 0.05) is 11.4 Å². The van der Waals surface area contributed by atoms with Crippen molar-refractivity contribution in [2.45, 2.75) is 24.1 Å². The number of amides is 1. The van der Waals surface area contributed by atoms with Crippen LogP contribution in [0, 0.1) is 5.41 Å². The molecule has 0 aliphatic heterocycles. The lowest BCUT2D eigenvalue weighted by atomic mass is 10.1. The summed E-state index contributed by atoms with van der Waals surface area (Å²) in [5.74, 6) is -0.0472. The molecule has 1 heterocycles. The third-order valence-corrected chi connectivity index (χ3v) is 5.03. The van der Waals surface area contributed by atoms with Gasteiger partial charge in [0.1, 0.15) is 4.33 Å². The van der Waals surface area contributed by atoms with Crippen LogP contribution in [0.15, 0.2) is 17.5 Å². The lowest BCUT2D eigenvalue weighted by molar-refractivity contribution is -0.125. The average Bonchev–Trinajstić information content (AvgIpc) is 2.64. The van der Waals surface area contributed by atoms with Crippen molar-refractivity contribution in [3.05, 3.63) is 22.4 Å². The van der Waals surface area contributed by atoms with E-state index < -0.39 is 9.75 Å². The number of alkyl halides is 2. The fourth-order valence-electron chi connectivity index (χ4n) is 1.60. The quantitative estimate of drug-likeness (QED) is 0.843. The van der Waals surface area contributed by atoms with Crippen molar-refractivity contribution in [3.63, 3.8) is 0 Å². The summed E-state index contributed by atoms with van der Waals surface area (Å²) in [5, 5.41) is 4.91. The van der Waals surface area contributed by atoms with E-state index in [0.717, 1.165) is 6.42 Å². The van der Waals surface area contributed by atoms with Crippen LogP contribution in [0.3, 0.4) is 0 Å². The van der Waals surface area contributed by atoms with E-state index in [9.17, 15) is 4.79 Å². The van der Waals surface area contributed by atoms with E-state index in [-0.39, 0.29) is 5.91 Å². The van der Waals surface area contributed by atoms with E-state index in [1.54, 1.807) is 18.3 Å². The molecule has 0 saturated heterocycles. The van der Waals surface area contributed by atoms with E-state index in [4.69, 9.17) is 23.2 Å². The van der Waals surface area contributed by atoms with Crippen LogP contribution in [0.4, 0.5) is 0 Å². The smallest absolute Gasteiger partial charge is 0.229 e. The largest absolute Gasteiger partial charge is 0.355 e. The van der Waals surface area contributed by atoms with Gasteiger partial charge in [0.05, 0.1) is 5.41 Å². The third-order valence-electron chi connectivity index (χ3n) is 3.00. The van der Waals surface area contributed by atoms with Gasteiger partial charge in [-0.05, 0) is 31.2 Å². The molecular weight excluding hydrogens is 265 g/mol. The molecular formula is C11H13Cl2NOS. The molecule has 1 saturated carbocycles. The summed E-state index contributed by atoms with van der Waals surface area (Å²) < 4.78 is -0.875. The van der Waals surface area contributed by atoms with Crippen LogP contribution >= 0.6 is 34.5 Å². The van der Waals surface area contributed by atoms with E-state index in [1.807, 2.05) is 11.4 Å². The van der Waals surface area contributed by atoms with Gasteiger partial charge in [-0.15, -0.1) is 34.5 Å². The molecule has 0 spiro atoms.